The smallest absolute Gasteiger partial charge is 0.254 e. The Morgan fingerprint density at radius 3 is 2.52 bits per heavy atom. The van der Waals surface area contributed by atoms with Gasteiger partial charge in [0.2, 0.25) is 10.0 Å². The topological polar surface area (TPSA) is 88.8 Å². The molecule has 0 radical (unpaired) electrons. The van der Waals surface area contributed by atoms with Crippen LogP contribution < -0.4 is 4.72 Å². The van der Waals surface area contributed by atoms with E-state index in [0.717, 1.165) is 11.0 Å². The number of rotatable bonds is 8. The fraction of sp³-hybridized carbons (Fsp3) is 0.286. The van der Waals surface area contributed by atoms with Crippen molar-refractivity contribution in [1.82, 2.24) is 9.62 Å². The number of fused-ring (bicyclic) bond motifs is 1. The third kappa shape index (κ3) is 4.67. The second-order valence-corrected chi connectivity index (χ2v) is 8.46. The molecule has 0 bridgehead atoms. The number of hydrogen-bond donors (Lipinski definition) is 1. The van der Waals surface area contributed by atoms with E-state index in [1.807, 2.05) is 37.3 Å². The summed E-state index contributed by atoms with van der Waals surface area (Å²) in [7, 11) is -0.450. The average Bonchev–Trinajstić information content (AvgIpc) is 3.16. The molecular formula is C21H24N2O5S. The number of amides is 1. The highest BCUT2D eigenvalue weighted by Gasteiger charge is 2.22. The Hall–Kier alpha value is -2.68. The molecular weight excluding hydrogens is 392 g/mol. The van der Waals surface area contributed by atoms with E-state index < -0.39 is 10.0 Å². The van der Waals surface area contributed by atoms with Gasteiger partial charge in [0.15, 0.2) is 0 Å². The van der Waals surface area contributed by atoms with Gasteiger partial charge in [-0.2, -0.15) is 0 Å². The lowest BCUT2D eigenvalue weighted by molar-refractivity contribution is 0.0727. The van der Waals surface area contributed by atoms with Crippen LogP contribution >= 0.6 is 0 Å². The molecule has 1 atom stereocenters. The number of ether oxygens (including phenoxy) is 1. The fourth-order valence-corrected chi connectivity index (χ4v) is 3.93. The van der Waals surface area contributed by atoms with E-state index in [-0.39, 0.29) is 30.0 Å². The number of furan rings is 1. The van der Waals surface area contributed by atoms with Crippen LogP contribution in [-0.2, 0) is 14.8 Å². The molecule has 0 fully saturated rings. The van der Waals surface area contributed by atoms with Gasteiger partial charge in [0.1, 0.15) is 11.3 Å². The Bertz CT molecular complexity index is 1060. The number of carbonyl (C=O) groups is 1. The lowest BCUT2D eigenvalue weighted by atomic mass is 10.1. The monoisotopic (exact) mass is 416 g/mol. The molecule has 8 heteroatoms. The molecule has 0 aliphatic rings. The lowest BCUT2D eigenvalue weighted by Crippen LogP contribution is -2.30. The Kier molecular flexibility index (Phi) is 6.36. The maximum absolute atomic E-state index is 12.8. The molecule has 1 aromatic heterocycles. The highest BCUT2D eigenvalue weighted by molar-refractivity contribution is 7.89. The standard InChI is InChI=1S/C21H24N2O5S/c1-15(20-14-17-6-4-5-7-19(17)28-20)23(2)21(24)16-8-10-18(11-9-16)29(25,26)22-12-13-27-3/h4-11,14-15,22H,12-13H2,1-3H3. The first-order valence-corrected chi connectivity index (χ1v) is 10.7. The van der Waals surface area contributed by atoms with Crippen LogP contribution in [0.4, 0.5) is 0 Å². The molecule has 1 amide bonds. The van der Waals surface area contributed by atoms with Crippen LogP contribution in [0, 0.1) is 0 Å². The van der Waals surface area contributed by atoms with Crippen LogP contribution in [-0.4, -0.2) is 46.5 Å². The zero-order valence-corrected chi connectivity index (χ0v) is 17.4. The van der Waals surface area contributed by atoms with Gasteiger partial charge >= 0.3 is 0 Å². The number of para-hydroxylation sites is 1. The van der Waals surface area contributed by atoms with Gasteiger partial charge in [-0.15, -0.1) is 0 Å². The molecule has 29 heavy (non-hydrogen) atoms. The van der Waals surface area contributed by atoms with Crippen molar-refractivity contribution < 1.29 is 22.4 Å². The Balaban J connectivity index is 1.73. The van der Waals surface area contributed by atoms with Crippen molar-refractivity contribution in [3.05, 3.63) is 65.9 Å². The highest BCUT2D eigenvalue weighted by atomic mass is 32.2. The summed E-state index contributed by atoms with van der Waals surface area (Å²) in [6, 6.07) is 15.2. The molecule has 0 saturated carbocycles. The maximum atomic E-state index is 12.8. The van der Waals surface area contributed by atoms with Gasteiger partial charge in [-0.25, -0.2) is 13.1 Å². The van der Waals surface area contributed by atoms with Crippen molar-refractivity contribution in [2.45, 2.75) is 17.9 Å². The van der Waals surface area contributed by atoms with Crippen molar-refractivity contribution in [3.63, 3.8) is 0 Å². The molecule has 1 N–H and O–H groups in total. The van der Waals surface area contributed by atoms with Crippen LogP contribution in [0.3, 0.4) is 0 Å². The third-order valence-electron chi connectivity index (χ3n) is 4.77. The van der Waals surface area contributed by atoms with E-state index in [9.17, 15) is 13.2 Å². The average molecular weight is 416 g/mol. The highest BCUT2D eigenvalue weighted by Crippen LogP contribution is 2.27. The normalized spacial score (nSPS) is 12.8. The summed E-state index contributed by atoms with van der Waals surface area (Å²) >= 11 is 0. The van der Waals surface area contributed by atoms with Crippen LogP contribution in [0.2, 0.25) is 0 Å². The number of nitrogens with one attached hydrogen (secondary N) is 1. The minimum atomic E-state index is -3.64. The first-order chi connectivity index (χ1) is 13.8. The number of benzene rings is 2. The molecule has 2 aromatic carbocycles. The summed E-state index contributed by atoms with van der Waals surface area (Å²) in [5, 5.41) is 0.978. The van der Waals surface area contributed by atoms with Crippen LogP contribution in [0.1, 0.15) is 29.1 Å². The molecule has 3 aromatic rings. The third-order valence-corrected chi connectivity index (χ3v) is 6.24. The summed E-state index contributed by atoms with van der Waals surface area (Å²) in [6.45, 7) is 2.34. The zero-order chi connectivity index (χ0) is 21.0. The van der Waals surface area contributed by atoms with Gasteiger partial charge < -0.3 is 14.1 Å². The second kappa shape index (κ2) is 8.77. The molecule has 1 heterocycles. The summed E-state index contributed by atoms with van der Waals surface area (Å²) in [5.74, 6) is 0.456. The Morgan fingerprint density at radius 2 is 1.86 bits per heavy atom. The van der Waals surface area contributed by atoms with Gasteiger partial charge in [-0.1, -0.05) is 18.2 Å². The molecule has 7 nitrogen and oxygen atoms in total. The van der Waals surface area contributed by atoms with Crippen molar-refractivity contribution in [2.75, 3.05) is 27.3 Å². The van der Waals surface area contributed by atoms with Crippen LogP contribution in [0.5, 0.6) is 0 Å². The lowest BCUT2D eigenvalue weighted by Gasteiger charge is -2.23. The maximum Gasteiger partial charge on any atom is 0.254 e. The zero-order valence-electron chi connectivity index (χ0n) is 16.6. The number of carbonyl (C=O) groups excluding carboxylic acids is 1. The first-order valence-electron chi connectivity index (χ1n) is 9.18. The SMILES string of the molecule is COCCNS(=O)(=O)c1ccc(C(=O)N(C)C(C)c2cc3ccccc3o2)cc1. The van der Waals surface area contributed by atoms with Gasteiger partial charge in [0.05, 0.1) is 17.5 Å². The predicted molar refractivity (Wildman–Crippen MR) is 110 cm³/mol. The van der Waals surface area contributed by atoms with E-state index in [0.29, 0.717) is 11.3 Å². The predicted octanol–water partition coefficient (Wildman–Crippen LogP) is 3.19. The minimum absolute atomic E-state index is 0.0955. The number of hydrogen-bond acceptors (Lipinski definition) is 5. The minimum Gasteiger partial charge on any atom is -0.459 e. The van der Waals surface area contributed by atoms with Crippen LogP contribution in [0.25, 0.3) is 11.0 Å². The molecule has 0 aliphatic heterocycles. The van der Waals surface area contributed by atoms with Crippen molar-refractivity contribution in [1.29, 1.82) is 0 Å². The van der Waals surface area contributed by atoms with E-state index in [4.69, 9.17) is 9.15 Å². The molecule has 0 saturated heterocycles. The number of methoxy groups -OCH3 is 1. The molecule has 3 rings (SSSR count). The van der Waals surface area contributed by atoms with Crippen LogP contribution in [0.15, 0.2) is 63.9 Å². The van der Waals surface area contributed by atoms with Crippen molar-refractivity contribution >= 4 is 26.9 Å². The first kappa shape index (κ1) is 21.0. The van der Waals surface area contributed by atoms with Gasteiger partial charge in [-0.05, 0) is 43.3 Å². The summed E-state index contributed by atoms with van der Waals surface area (Å²) < 4.78 is 37.6. The molecule has 154 valence electrons. The summed E-state index contributed by atoms with van der Waals surface area (Å²) in [5.41, 5.74) is 1.16. The van der Waals surface area contributed by atoms with E-state index in [2.05, 4.69) is 4.72 Å². The molecule has 0 aliphatic carbocycles. The summed E-state index contributed by atoms with van der Waals surface area (Å²) in [6.07, 6.45) is 0. The summed E-state index contributed by atoms with van der Waals surface area (Å²) in [4.78, 5) is 14.5. The van der Waals surface area contributed by atoms with E-state index in [1.165, 1.54) is 31.4 Å². The Morgan fingerprint density at radius 1 is 1.17 bits per heavy atom. The van der Waals surface area contributed by atoms with Crippen molar-refractivity contribution in [2.24, 2.45) is 0 Å². The van der Waals surface area contributed by atoms with E-state index in [1.54, 1.807) is 11.9 Å². The van der Waals surface area contributed by atoms with Gasteiger partial charge in [-0.3, -0.25) is 4.79 Å². The second-order valence-electron chi connectivity index (χ2n) is 6.69. The number of nitrogens with zero attached hydrogens (tertiary/aromatic N) is 1. The van der Waals surface area contributed by atoms with E-state index >= 15 is 0 Å². The quantitative estimate of drug-likeness (QED) is 0.570. The number of sulfonamides is 1. The Labute approximate surface area is 170 Å². The molecule has 1 unspecified atom stereocenters. The fourth-order valence-electron chi connectivity index (χ4n) is 2.92. The van der Waals surface area contributed by atoms with Gasteiger partial charge in [0, 0.05) is 31.7 Å². The van der Waals surface area contributed by atoms with Gasteiger partial charge in [0.25, 0.3) is 5.91 Å². The molecule has 0 spiro atoms. The largest absolute Gasteiger partial charge is 0.459 e. The van der Waals surface area contributed by atoms with Crippen molar-refractivity contribution in [3.8, 4) is 0 Å².